The smallest absolute Gasteiger partial charge is 0.227 e. The second-order valence-corrected chi connectivity index (χ2v) is 13.1. The van der Waals surface area contributed by atoms with Crippen molar-refractivity contribution in [1.82, 2.24) is 15.0 Å². The van der Waals surface area contributed by atoms with Gasteiger partial charge >= 0.3 is 0 Å². The number of piperidine rings is 1. The Morgan fingerprint density at radius 1 is 1.16 bits per heavy atom. The van der Waals surface area contributed by atoms with E-state index in [4.69, 9.17) is 0 Å². The maximum Gasteiger partial charge on any atom is 0.227 e. The lowest BCUT2D eigenvalue weighted by Crippen LogP contribution is -2.57. The van der Waals surface area contributed by atoms with E-state index in [1.54, 1.807) is 17.2 Å². The summed E-state index contributed by atoms with van der Waals surface area (Å²) in [7, 11) is -3.02. The van der Waals surface area contributed by atoms with Crippen LogP contribution in [-0.2, 0) is 9.84 Å². The Balaban J connectivity index is 1.41. The topological polar surface area (TPSA) is 112 Å². The highest BCUT2D eigenvalue weighted by molar-refractivity contribution is 7.90. The minimum Gasteiger partial charge on any atom is -0.388 e. The molecule has 2 fully saturated rings. The van der Waals surface area contributed by atoms with E-state index in [9.17, 15) is 17.9 Å². The van der Waals surface area contributed by atoms with Crippen LogP contribution >= 0.6 is 0 Å². The van der Waals surface area contributed by atoms with Crippen LogP contribution in [0.2, 0.25) is 0 Å². The first-order valence-corrected chi connectivity index (χ1v) is 15.1. The number of rotatable bonds is 7. The Labute approximate surface area is 223 Å². The molecule has 0 unspecified atom stereocenters. The minimum absolute atomic E-state index is 0.113. The standard InChI is InChI=1S/C27H35FN6O3S/c1-16(2)19-5-6-23(34-13-18(17(34)3)15-38(4,36)37)21-12-30-26(11-20(19)21)31-25-7-9-29-27(32-25)33-10-8-22(28)24(35)14-33/h5-7,9,11-12,16-18,22,24,35H,8,10,13-15H2,1-4H3,(H,29,30,31,32)/t17-,18-,22+,24-/m1/s1. The Kier molecular flexibility index (Phi) is 7.17. The Morgan fingerprint density at radius 3 is 2.63 bits per heavy atom. The van der Waals surface area contributed by atoms with E-state index in [0.29, 0.717) is 36.6 Å². The van der Waals surface area contributed by atoms with Crippen molar-refractivity contribution in [2.24, 2.45) is 5.92 Å². The SMILES string of the molecule is CC(C)c1ccc(N2C[C@H](CS(C)(=O)=O)[C@H]2C)c2cnc(Nc3ccnc(N4CC[C@H](F)[C@H](O)C4)n3)cc12. The van der Waals surface area contributed by atoms with Crippen LogP contribution < -0.4 is 15.1 Å². The fraction of sp³-hybridized carbons (Fsp3) is 0.519. The number of hydrogen-bond donors (Lipinski definition) is 2. The van der Waals surface area contributed by atoms with Gasteiger partial charge in [-0.2, -0.15) is 4.98 Å². The number of sulfone groups is 1. The average Bonchev–Trinajstić information content (AvgIpc) is 2.86. The van der Waals surface area contributed by atoms with E-state index >= 15 is 0 Å². The van der Waals surface area contributed by atoms with Crippen molar-refractivity contribution in [3.63, 3.8) is 0 Å². The molecule has 2 N–H and O–H groups in total. The summed E-state index contributed by atoms with van der Waals surface area (Å²) < 4.78 is 37.3. The second kappa shape index (κ2) is 10.3. The number of alkyl halides is 1. The first kappa shape index (κ1) is 26.6. The van der Waals surface area contributed by atoms with Crippen molar-refractivity contribution >= 4 is 43.9 Å². The Morgan fingerprint density at radius 2 is 1.95 bits per heavy atom. The van der Waals surface area contributed by atoms with Crippen LogP contribution in [-0.4, -0.2) is 78.4 Å². The summed E-state index contributed by atoms with van der Waals surface area (Å²) in [6, 6.07) is 8.15. The van der Waals surface area contributed by atoms with Gasteiger partial charge in [0.2, 0.25) is 5.95 Å². The molecule has 0 saturated carbocycles. The van der Waals surface area contributed by atoms with Crippen molar-refractivity contribution in [3.05, 3.63) is 42.2 Å². The molecular formula is C27H35FN6O3S. The summed E-state index contributed by atoms with van der Waals surface area (Å²) in [6.45, 7) is 7.68. The van der Waals surface area contributed by atoms with Gasteiger partial charge in [-0.15, -0.1) is 0 Å². The number of benzene rings is 1. The number of anilines is 4. The molecule has 2 aromatic heterocycles. The number of fused-ring (bicyclic) bond motifs is 1. The number of hydrogen-bond acceptors (Lipinski definition) is 9. The average molecular weight is 543 g/mol. The second-order valence-electron chi connectivity index (χ2n) is 10.9. The monoisotopic (exact) mass is 542 g/mol. The van der Waals surface area contributed by atoms with Crippen molar-refractivity contribution in [2.75, 3.05) is 46.8 Å². The van der Waals surface area contributed by atoms with Gasteiger partial charge in [0.25, 0.3) is 0 Å². The van der Waals surface area contributed by atoms with E-state index in [-0.39, 0.29) is 30.7 Å². The summed E-state index contributed by atoms with van der Waals surface area (Å²) in [5.41, 5.74) is 2.25. The molecule has 0 aliphatic carbocycles. The number of nitrogens with zero attached hydrogens (tertiary/aromatic N) is 5. The molecule has 0 amide bonds. The van der Waals surface area contributed by atoms with Crippen molar-refractivity contribution in [1.29, 1.82) is 0 Å². The first-order chi connectivity index (χ1) is 18.0. The molecule has 3 aromatic rings. The highest BCUT2D eigenvalue weighted by atomic mass is 32.2. The van der Waals surface area contributed by atoms with E-state index in [1.165, 1.54) is 11.8 Å². The van der Waals surface area contributed by atoms with Crippen molar-refractivity contribution in [2.45, 2.75) is 51.4 Å². The Hall–Kier alpha value is -3.05. The molecule has 11 heteroatoms. The molecule has 38 heavy (non-hydrogen) atoms. The molecule has 204 valence electrons. The summed E-state index contributed by atoms with van der Waals surface area (Å²) in [5.74, 6) is 2.23. The Bertz CT molecular complexity index is 1440. The van der Waals surface area contributed by atoms with Gasteiger partial charge < -0.3 is 20.2 Å². The molecule has 0 radical (unpaired) electrons. The number of aliphatic hydroxyl groups is 1. The lowest BCUT2D eigenvalue weighted by atomic mass is 9.88. The van der Waals surface area contributed by atoms with E-state index in [2.05, 4.69) is 58.1 Å². The lowest BCUT2D eigenvalue weighted by molar-refractivity contribution is 0.0640. The van der Waals surface area contributed by atoms with Gasteiger partial charge in [0.1, 0.15) is 33.7 Å². The van der Waals surface area contributed by atoms with E-state index in [1.807, 2.05) is 12.3 Å². The predicted molar refractivity (Wildman–Crippen MR) is 149 cm³/mol. The van der Waals surface area contributed by atoms with Gasteiger partial charge in [-0.1, -0.05) is 19.9 Å². The summed E-state index contributed by atoms with van der Waals surface area (Å²) in [4.78, 5) is 17.6. The lowest BCUT2D eigenvalue weighted by Gasteiger charge is -2.48. The number of aliphatic hydroxyl groups excluding tert-OH is 1. The summed E-state index contributed by atoms with van der Waals surface area (Å²) >= 11 is 0. The van der Waals surface area contributed by atoms with Gasteiger partial charge in [0, 0.05) is 61.3 Å². The molecule has 9 nitrogen and oxygen atoms in total. The fourth-order valence-electron chi connectivity index (χ4n) is 5.44. The number of pyridine rings is 1. The van der Waals surface area contributed by atoms with Gasteiger partial charge in [0.15, 0.2) is 0 Å². The fourth-order valence-corrected chi connectivity index (χ4v) is 6.60. The molecular weight excluding hydrogens is 507 g/mol. The number of halogens is 1. The highest BCUT2D eigenvalue weighted by Crippen LogP contribution is 2.39. The third-order valence-corrected chi connectivity index (χ3v) is 8.68. The zero-order valence-corrected chi connectivity index (χ0v) is 23.0. The number of aromatic nitrogens is 3. The molecule has 2 aliphatic heterocycles. The van der Waals surface area contributed by atoms with Crippen molar-refractivity contribution < 1.29 is 17.9 Å². The molecule has 4 atom stereocenters. The third kappa shape index (κ3) is 5.40. The van der Waals surface area contributed by atoms with Gasteiger partial charge in [-0.05, 0) is 48.4 Å². The predicted octanol–water partition coefficient (Wildman–Crippen LogP) is 3.67. The van der Waals surface area contributed by atoms with Gasteiger partial charge in [0.05, 0.1) is 5.75 Å². The largest absolute Gasteiger partial charge is 0.388 e. The van der Waals surface area contributed by atoms with Crippen LogP contribution in [0.15, 0.2) is 36.7 Å². The zero-order valence-electron chi connectivity index (χ0n) is 22.2. The van der Waals surface area contributed by atoms with Crippen LogP contribution in [0.1, 0.15) is 38.7 Å². The normalized spacial score (nSPS) is 24.1. The first-order valence-electron chi connectivity index (χ1n) is 13.0. The number of β-amino-alcohol motifs (C(OH)–C–C–N with tert-alkyl or cyclic N) is 1. The highest BCUT2D eigenvalue weighted by Gasteiger charge is 2.38. The summed E-state index contributed by atoms with van der Waals surface area (Å²) in [6.07, 6.45) is 2.75. The molecule has 5 rings (SSSR count). The summed E-state index contributed by atoms with van der Waals surface area (Å²) in [5, 5.41) is 15.3. The maximum atomic E-state index is 13.7. The van der Waals surface area contributed by atoms with Crippen LogP contribution in [0.3, 0.4) is 0 Å². The molecule has 2 saturated heterocycles. The molecule has 2 aliphatic rings. The van der Waals surface area contributed by atoms with Crippen molar-refractivity contribution in [3.8, 4) is 0 Å². The minimum atomic E-state index is -3.02. The molecule has 0 spiro atoms. The van der Waals surface area contributed by atoms with Crippen LogP contribution in [0.25, 0.3) is 10.8 Å². The zero-order chi connectivity index (χ0) is 27.2. The maximum absolute atomic E-state index is 13.7. The van der Waals surface area contributed by atoms with E-state index < -0.39 is 22.1 Å². The van der Waals surface area contributed by atoms with Crippen LogP contribution in [0.5, 0.6) is 0 Å². The van der Waals surface area contributed by atoms with Crippen LogP contribution in [0.4, 0.5) is 27.7 Å². The molecule has 1 aromatic carbocycles. The van der Waals surface area contributed by atoms with E-state index in [0.717, 1.165) is 16.5 Å². The quantitative estimate of drug-likeness (QED) is 0.462. The van der Waals surface area contributed by atoms with Gasteiger partial charge in [-0.25, -0.2) is 22.8 Å². The third-order valence-electron chi connectivity index (χ3n) is 7.65. The van der Waals surface area contributed by atoms with Crippen LogP contribution in [0, 0.1) is 5.92 Å². The van der Waals surface area contributed by atoms with Gasteiger partial charge in [-0.3, -0.25) is 0 Å². The molecule has 4 heterocycles. The molecule has 0 bridgehead atoms. The number of nitrogens with one attached hydrogen (secondary N) is 1.